The normalized spacial score (nSPS) is 13.8. The number of aromatic nitrogens is 3. The van der Waals surface area contributed by atoms with Crippen molar-refractivity contribution in [2.75, 3.05) is 13.2 Å². The van der Waals surface area contributed by atoms with Crippen LogP contribution in [-0.2, 0) is 16.6 Å². The zero-order chi connectivity index (χ0) is 15.3. The third-order valence-electron chi connectivity index (χ3n) is 3.06. The third-order valence-corrected chi connectivity index (χ3v) is 3.06. The van der Waals surface area contributed by atoms with Gasteiger partial charge in [-0.25, -0.2) is 0 Å². The van der Waals surface area contributed by atoms with Crippen molar-refractivity contribution in [3.63, 3.8) is 0 Å². The van der Waals surface area contributed by atoms with Crippen LogP contribution in [0.1, 0.15) is 31.9 Å². The van der Waals surface area contributed by atoms with Crippen LogP contribution in [0.25, 0.3) is 0 Å². The first-order valence-electron chi connectivity index (χ1n) is 6.31. The fraction of sp³-hybridized carbons (Fsp3) is 0.727. The van der Waals surface area contributed by atoms with Gasteiger partial charge in [0, 0.05) is 19.4 Å². The van der Waals surface area contributed by atoms with Gasteiger partial charge in [0.15, 0.2) is 0 Å². The van der Waals surface area contributed by atoms with Crippen molar-refractivity contribution in [3.05, 3.63) is 22.0 Å². The molecule has 0 aromatic carbocycles. The predicted molar refractivity (Wildman–Crippen MR) is 64.9 cm³/mol. The Balaban J connectivity index is 3.13. The molecule has 2 atom stereocenters. The molecule has 0 radical (unpaired) electrons. The summed E-state index contributed by atoms with van der Waals surface area (Å²) in [6.07, 6.45) is 1.50. The highest BCUT2D eigenvalue weighted by molar-refractivity contribution is 5.73. The van der Waals surface area contributed by atoms with Crippen LogP contribution in [-0.4, -0.2) is 33.9 Å². The van der Waals surface area contributed by atoms with Gasteiger partial charge in [-0.2, -0.15) is 0 Å². The van der Waals surface area contributed by atoms with E-state index >= 15 is 0 Å². The van der Waals surface area contributed by atoms with Gasteiger partial charge in [0.2, 0.25) is 18.4 Å². The molecule has 1 unspecified atom stereocenters. The summed E-state index contributed by atoms with van der Waals surface area (Å²) in [5.74, 6) is -2.27. The van der Waals surface area contributed by atoms with E-state index < -0.39 is 29.3 Å². The lowest BCUT2D eigenvalue weighted by molar-refractivity contribution is -0.916. The van der Waals surface area contributed by atoms with Gasteiger partial charge >= 0.3 is 5.97 Å². The zero-order valence-corrected chi connectivity index (χ0v) is 11.7. The summed E-state index contributed by atoms with van der Waals surface area (Å²) in [7, 11) is 1.36. The number of ether oxygens (including phenoxy) is 1. The molecule has 20 heavy (non-hydrogen) atoms. The molecule has 0 saturated carbocycles. The Labute approximate surface area is 115 Å². The topological polar surface area (TPSA) is 91.1 Å². The molecule has 112 valence electrons. The molecule has 0 bridgehead atoms. The number of aryl methyl sites for hydroxylation is 1. The molecule has 0 N–H and O–H groups in total. The van der Waals surface area contributed by atoms with E-state index in [1.807, 2.05) is 0 Å². The maximum absolute atomic E-state index is 13.9. The van der Waals surface area contributed by atoms with Gasteiger partial charge in [0.1, 0.15) is 5.92 Å². The van der Waals surface area contributed by atoms with E-state index in [-0.39, 0.29) is 17.2 Å². The minimum Gasteiger partial charge on any atom is -0.466 e. The molecule has 0 aliphatic heterocycles. The van der Waals surface area contributed by atoms with Crippen molar-refractivity contribution < 1.29 is 23.8 Å². The highest BCUT2D eigenvalue weighted by Crippen LogP contribution is 2.26. The van der Waals surface area contributed by atoms with Gasteiger partial charge < -0.3 is 4.74 Å². The number of nitrogens with zero attached hydrogens (tertiary/aromatic N) is 4. The summed E-state index contributed by atoms with van der Waals surface area (Å²) < 4.78 is 18.8. The second-order valence-electron chi connectivity index (χ2n) is 4.31. The van der Waals surface area contributed by atoms with Crippen molar-refractivity contribution in [2.45, 2.75) is 26.2 Å². The summed E-state index contributed by atoms with van der Waals surface area (Å²) in [6.45, 7) is 2.95. The van der Waals surface area contributed by atoms with Crippen LogP contribution in [0.5, 0.6) is 0 Å². The molecule has 0 aliphatic rings. The van der Waals surface area contributed by atoms with Crippen LogP contribution in [0.15, 0.2) is 6.20 Å². The van der Waals surface area contributed by atoms with Crippen LogP contribution in [0.4, 0.5) is 4.48 Å². The maximum atomic E-state index is 13.9. The summed E-state index contributed by atoms with van der Waals surface area (Å²) >= 11 is 0. The quantitative estimate of drug-likeness (QED) is 0.411. The number of nitro groups is 1. The first-order valence-corrected chi connectivity index (χ1v) is 6.31. The summed E-state index contributed by atoms with van der Waals surface area (Å²) in [4.78, 5) is 23.2. The Morgan fingerprint density at radius 3 is 2.70 bits per heavy atom. The van der Waals surface area contributed by atoms with Gasteiger partial charge in [-0.1, -0.05) is 6.92 Å². The van der Waals surface area contributed by atoms with Gasteiger partial charge in [-0.05, 0) is 18.1 Å². The second kappa shape index (κ2) is 6.92. The molecule has 1 aromatic rings. The van der Waals surface area contributed by atoms with Crippen LogP contribution >= 0.6 is 0 Å². The minimum absolute atomic E-state index is 0.0101. The first kappa shape index (κ1) is 16.0. The van der Waals surface area contributed by atoms with Gasteiger partial charge in [-0.3, -0.25) is 14.9 Å². The molecule has 0 saturated heterocycles. The Morgan fingerprint density at radius 2 is 2.30 bits per heavy atom. The number of carbonyl (C=O) groups is 1. The third kappa shape index (κ3) is 3.49. The highest BCUT2D eigenvalue weighted by atomic mass is 19.2. The minimum atomic E-state index is -0.923. The summed E-state index contributed by atoms with van der Waals surface area (Å²) in [5, 5.41) is 14.5. The predicted octanol–water partition coefficient (Wildman–Crippen LogP) is 0.390. The number of carbonyl (C=O) groups excluding carboxylic acids is 1. The average molecular weight is 289 g/mol. The second-order valence-corrected chi connectivity index (χ2v) is 4.31. The molecular weight excluding hydrogens is 271 g/mol. The fourth-order valence-corrected chi connectivity index (χ4v) is 2.09. The van der Waals surface area contributed by atoms with Crippen LogP contribution < -0.4 is 4.90 Å². The van der Waals surface area contributed by atoms with Crippen molar-refractivity contribution in [2.24, 2.45) is 13.0 Å². The van der Waals surface area contributed by atoms with E-state index in [2.05, 4.69) is 5.10 Å². The lowest BCUT2D eigenvalue weighted by Crippen LogP contribution is -2.41. The molecule has 8 nitrogen and oxygen atoms in total. The van der Waals surface area contributed by atoms with E-state index in [4.69, 9.17) is 4.74 Å². The first-order chi connectivity index (χ1) is 9.42. The lowest BCUT2D eigenvalue weighted by atomic mass is 9.87. The van der Waals surface area contributed by atoms with Gasteiger partial charge in [-0.15, -0.1) is 0 Å². The molecule has 0 fully saturated rings. The average Bonchev–Trinajstić information content (AvgIpc) is 2.69. The van der Waals surface area contributed by atoms with Crippen molar-refractivity contribution in [1.29, 1.82) is 0 Å². The fourth-order valence-electron chi connectivity index (χ4n) is 2.09. The Kier molecular flexibility index (Phi) is 5.53. The van der Waals surface area contributed by atoms with Crippen molar-refractivity contribution in [3.8, 4) is 0 Å². The Morgan fingerprint density at radius 1 is 1.65 bits per heavy atom. The van der Waals surface area contributed by atoms with E-state index in [9.17, 15) is 19.4 Å². The molecule has 0 aliphatic carbocycles. The number of esters is 1. The molecule has 0 amide bonds. The van der Waals surface area contributed by atoms with Gasteiger partial charge in [0.05, 0.1) is 19.6 Å². The van der Waals surface area contributed by atoms with E-state index in [0.717, 1.165) is 4.80 Å². The number of hydrogen-bond acceptors (Lipinski definition) is 5. The van der Waals surface area contributed by atoms with Gasteiger partial charge in [0.25, 0.3) is 0 Å². The van der Waals surface area contributed by atoms with Crippen molar-refractivity contribution >= 4 is 5.97 Å². The lowest BCUT2D eigenvalue weighted by Gasteiger charge is -2.18. The molecule has 9 heteroatoms. The summed E-state index contributed by atoms with van der Waals surface area (Å²) in [6, 6.07) is 0. The number of halogens is 1. The standard InChI is InChI=1S/C11H18FN4O4/c1-4-8(11(17)20-5-2)9(7-15(18)19)10-6-13-14(3)16(10)12/h6,8-9H,4-5,7H2,1-3H3/q+1/t8?,9-/m0/s1. The SMILES string of the molecule is CCOC(=O)C(CC)[C@H](C[N+](=O)[O-])c1cnn(C)[n+]1F. The molecule has 1 heterocycles. The number of hydrogen-bond donors (Lipinski definition) is 0. The van der Waals surface area contributed by atoms with E-state index in [1.54, 1.807) is 13.8 Å². The van der Waals surface area contributed by atoms with E-state index in [0.29, 0.717) is 6.42 Å². The largest absolute Gasteiger partial charge is 0.466 e. The van der Waals surface area contributed by atoms with Crippen LogP contribution in [0.2, 0.25) is 0 Å². The van der Waals surface area contributed by atoms with Crippen LogP contribution in [0.3, 0.4) is 0 Å². The summed E-state index contributed by atoms with van der Waals surface area (Å²) in [5.41, 5.74) is -0.0101. The zero-order valence-electron chi connectivity index (χ0n) is 11.7. The molecule has 1 aromatic heterocycles. The highest BCUT2D eigenvalue weighted by Gasteiger charge is 2.40. The molecule has 0 spiro atoms. The van der Waals surface area contributed by atoms with Crippen molar-refractivity contribution in [1.82, 2.24) is 9.90 Å². The molecule has 1 rings (SSSR count). The number of rotatable bonds is 7. The monoisotopic (exact) mass is 289 g/mol. The molecular formula is C11H18FN4O4+. The smallest absolute Gasteiger partial charge is 0.309 e. The maximum Gasteiger partial charge on any atom is 0.309 e. The Hall–Kier alpha value is -2.06. The van der Waals surface area contributed by atoms with E-state index in [1.165, 1.54) is 13.2 Å². The van der Waals surface area contributed by atoms with Crippen LogP contribution in [0, 0.1) is 16.0 Å². The Bertz CT molecular complexity index is 491.